The lowest BCUT2D eigenvalue weighted by atomic mass is 10.1. The second kappa shape index (κ2) is 5.63. The summed E-state index contributed by atoms with van der Waals surface area (Å²) >= 11 is 0. The number of benzene rings is 1. The molecule has 4 nitrogen and oxygen atoms in total. The third kappa shape index (κ3) is 4.40. The van der Waals surface area contributed by atoms with Crippen LogP contribution in [0, 0.1) is 0 Å². The molecule has 0 aliphatic rings. The first-order valence-corrected chi connectivity index (χ1v) is 7.04. The standard InChI is InChI=1S/C12H15NO3S/c1-3-11(14)13-12(17(2,15)16)9-10-7-5-4-6-8-10/h3-8,12H,1,9H2,2H3,(H,13,14). The Balaban J connectivity index is 2.86. The van der Waals surface area contributed by atoms with Crippen LogP contribution in [0.5, 0.6) is 0 Å². The number of rotatable bonds is 5. The van der Waals surface area contributed by atoms with Crippen LogP contribution in [0.15, 0.2) is 43.0 Å². The molecule has 0 aromatic heterocycles. The molecule has 1 amide bonds. The summed E-state index contributed by atoms with van der Waals surface area (Å²) in [5, 5.41) is 1.49. The average molecular weight is 253 g/mol. The first-order chi connectivity index (χ1) is 7.93. The maximum absolute atomic E-state index is 11.5. The fourth-order valence-electron chi connectivity index (χ4n) is 1.36. The zero-order chi connectivity index (χ0) is 12.9. The SMILES string of the molecule is C=CC(=O)NC(Cc1ccccc1)S(C)(=O)=O. The highest BCUT2D eigenvalue weighted by Gasteiger charge is 2.22. The first-order valence-electron chi connectivity index (χ1n) is 5.09. The molecule has 0 saturated heterocycles. The van der Waals surface area contributed by atoms with Crippen molar-refractivity contribution in [3.05, 3.63) is 48.6 Å². The van der Waals surface area contributed by atoms with Gasteiger partial charge in [0.25, 0.3) is 0 Å². The Morgan fingerprint density at radius 1 is 1.41 bits per heavy atom. The van der Waals surface area contributed by atoms with Crippen LogP contribution in [-0.2, 0) is 21.1 Å². The molecule has 1 aromatic carbocycles. The Bertz CT molecular complexity index is 494. The largest absolute Gasteiger partial charge is 0.336 e. The smallest absolute Gasteiger partial charge is 0.244 e. The van der Waals surface area contributed by atoms with E-state index in [-0.39, 0.29) is 6.42 Å². The Kier molecular flexibility index (Phi) is 4.45. The van der Waals surface area contributed by atoms with E-state index < -0.39 is 21.1 Å². The second-order valence-electron chi connectivity index (χ2n) is 3.72. The normalized spacial score (nSPS) is 12.8. The highest BCUT2D eigenvalue weighted by molar-refractivity contribution is 7.91. The van der Waals surface area contributed by atoms with E-state index in [2.05, 4.69) is 11.9 Å². The molecule has 1 aromatic rings. The fraction of sp³-hybridized carbons (Fsp3) is 0.250. The zero-order valence-electron chi connectivity index (χ0n) is 9.59. The van der Waals surface area contributed by atoms with Crippen molar-refractivity contribution in [2.24, 2.45) is 0 Å². The lowest BCUT2D eigenvalue weighted by molar-refractivity contribution is -0.116. The lowest BCUT2D eigenvalue weighted by Crippen LogP contribution is -2.41. The van der Waals surface area contributed by atoms with Crippen molar-refractivity contribution in [3.8, 4) is 0 Å². The van der Waals surface area contributed by atoms with Crippen LogP contribution in [0.4, 0.5) is 0 Å². The third-order valence-corrected chi connectivity index (χ3v) is 3.59. The second-order valence-corrected chi connectivity index (χ2v) is 5.95. The maximum Gasteiger partial charge on any atom is 0.244 e. The van der Waals surface area contributed by atoms with Gasteiger partial charge in [-0.1, -0.05) is 36.9 Å². The van der Waals surface area contributed by atoms with Crippen LogP contribution in [0.1, 0.15) is 5.56 Å². The van der Waals surface area contributed by atoms with Gasteiger partial charge in [-0.3, -0.25) is 4.79 Å². The monoisotopic (exact) mass is 253 g/mol. The number of sulfone groups is 1. The van der Waals surface area contributed by atoms with Crippen molar-refractivity contribution in [3.63, 3.8) is 0 Å². The molecule has 92 valence electrons. The van der Waals surface area contributed by atoms with E-state index in [1.807, 2.05) is 30.3 Å². The molecule has 0 radical (unpaired) electrons. The highest BCUT2D eigenvalue weighted by Crippen LogP contribution is 2.07. The molecule has 0 fully saturated rings. The quantitative estimate of drug-likeness (QED) is 0.793. The third-order valence-electron chi connectivity index (χ3n) is 2.27. The van der Waals surface area contributed by atoms with Gasteiger partial charge in [0, 0.05) is 12.7 Å². The van der Waals surface area contributed by atoms with Crippen molar-refractivity contribution < 1.29 is 13.2 Å². The summed E-state index contributed by atoms with van der Waals surface area (Å²) in [4.78, 5) is 11.2. The number of nitrogens with one attached hydrogen (secondary N) is 1. The summed E-state index contributed by atoms with van der Waals surface area (Å²) in [5.74, 6) is -0.489. The zero-order valence-corrected chi connectivity index (χ0v) is 10.4. The van der Waals surface area contributed by atoms with Gasteiger partial charge in [0.2, 0.25) is 5.91 Å². The molecule has 5 heteroatoms. The molecule has 1 rings (SSSR count). The van der Waals surface area contributed by atoms with Crippen molar-refractivity contribution in [1.29, 1.82) is 0 Å². The lowest BCUT2D eigenvalue weighted by Gasteiger charge is -2.15. The molecule has 0 heterocycles. The molecular formula is C12H15NO3S. The van der Waals surface area contributed by atoms with Crippen LogP contribution >= 0.6 is 0 Å². The van der Waals surface area contributed by atoms with E-state index in [0.717, 1.165) is 17.9 Å². The van der Waals surface area contributed by atoms with Crippen LogP contribution in [0.3, 0.4) is 0 Å². The van der Waals surface area contributed by atoms with Gasteiger partial charge in [-0.05, 0) is 11.6 Å². The topological polar surface area (TPSA) is 63.2 Å². The number of hydrogen-bond donors (Lipinski definition) is 1. The molecule has 0 aliphatic carbocycles. The molecule has 1 unspecified atom stereocenters. The molecule has 0 saturated carbocycles. The predicted octanol–water partition coefficient (Wildman–Crippen LogP) is 0.902. The summed E-state index contributed by atoms with van der Waals surface area (Å²) in [6.45, 7) is 3.30. The number of carbonyl (C=O) groups is 1. The summed E-state index contributed by atoms with van der Waals surface area (Å²) in [7, 11) is -3.35. The molecule has 0 bridgehead atoms. The summed E-state index contributed by atoms with van der Waals surface area (Å²) in [6.07, 6.45) is 2.41. The van der Waals surface area contributed by atoms with Gasteiger partial charge in [-0.2, -0.15) is 0 Å². The van der Waals surface area contributed by atoms with E-state index in [1.165, 1.54) is 0 Å². The number of amides is 1. The van der Waals surface area contributed by atoms with E-state index >= 15 is 0 Å². The summed E-state index contributed by atoms with van der Waals surface area (Å²) in [5.41, 5.74) is 0.854. The summed E-state index contributed by atoms with van der Waals surface area (Å²) < 4.78 is 23.1. The molecule has 1 atom stereocenters. The van der Waals surface area contributed by atoms with E-state index in [4.69, 9.17) is 0 Å². The van der Waals surface area contributed by atoms with E-state index in [0.29, 0.717) is 0 Å². The minimum absolute atomic E-state index is 0.249. The van der Waals surface area contributed by atoms with Gasteiger partial charge >= 0.3 is 0 Å². The first kappa shape index (κ1) is 13.4. The molecule has 0 spiro atoms. The number of hydrogen-bond acceptors (Lipinski definition) is 3. The molecular weight excluding hydrogens is 238 g/mol. The Morgan fingerprint density at radius 2 is 2.00 bits per heavy atom. The average Bonchev–Trinajstić information content (AvgIpc) is 2.28. The Hall–Kier alpha value is -1.62. The van der Waals surface area contributed by atoms with Crippen molar-refractivity contribution >= 4 is 15.7 Å². The van der Waals surface area contributed by atoms with Crippen molar-refractivity contribution in [2.45, 2.75) is 11.8 Å². The van der Waals surface area contributed by atoms with Gasteiger partial charge < -0.3 is 5.32 Å². The van der Waals surface area contributed by atoms with Gasteiger partial charge in [-0.25, -0.2) is 8.42 Å². The Morgan fingerprint density at radius 3 is 2.47 bits per heavy atom. The van der Waals surface area contributed by atoms with Crippen LogP contribution in [-0.4, -0.2) is 26.0 Å². The highest BCUT2D eigenvalue weighted by atomic mass is 32.2. The van der Waals surface area contributed by atoms with Gasteiger partial charge in [-0.15, -0.1) is 0 Å². The van der Waals surface area contributed by atoms with Crippen LogP contribution in [0.2, 0.25) is 0 Å². The Labute approximate surface area is 101 Å². The molecule has 17 heavy (non-hydrogen) atoms. The predicted molar refractivity (Wildman–Crippen MR) is 67.1 cm³/mol. The van der Waals surface area contributed by atoms with Crippen LogP contribution in [0.25, 0.3) is 0 Å². The minimum atomic E-state index is -3.35. The molecule has 1 N–H and O–H groups in total. The maximum atomic E-state index is 11.5. The van der Waals surface area contributed by atoms with E-state index in [1.54, 1.807) is 0 Å². The van der Waals surface area contributed by atoms with Gasteiger partial charge in [0.15, 0.2) is 9.84 Å². The summed E-state index contributed by atoms with van der Waals surface area (Å²) in [6, 6.07) is 9.13. The van der Waals surface area contributed by atoms with Crippen molar-refractivity contribution in [1.82, 2.24) is 5.32 Å². The van der Waals surface area contributed by atoms with E-state index in [9.17, 15) is 13.2 Å². The van der Waals surface area contributed by atoms with Crippen molar-refractivity contribution in [2.75, 3.05) is 6.26 Å². The van der Waals surface area contributed by atoms with Crippen LogP contribution < -0.4 is 5.32 Å². The number of carbonyl (C=O) groups excluding carboxylic acids is 1. The van der Waals surface area contributed by atoms with Gasteiger partial charge in [0.1, 0.15) is 5.37 Å². The van der Waals surface area contributed by atoms with Gasteiger partial charge in [0.05, 0.1) is 0 Å². The molecule has 0 aliphatic heterocycles. The fourth-order valence-corrected chi connectivity index (χ4v) is 2.18. The minimum Gasteiger partial charge on any atom is -0.336 e.